The van der Waals surface area contributed by atoms with E-state index in [4.69, 9.17) is 5.73 Å². The number of hydrogen-bond acceptors (Lipinski definition) is 3. The number of aromatic nitrogens is 2. The Balaban J connectivity index is 1.99. The van der Waals surface area contributed by atoms with E-state index in [-0.39, 0.29) is 5.91 Å². The Kier molecular flexibility index (Phi) is 3.57. The first-order chi connectivity index (χ1) is 8.83. The van der Waals surface area contributed by atoms with Crippen LogP contribution in [0.3, 0.4) is 0 Å². The van der Waals surface area contributed by atoms with Crippen LogP contribution in [0.15, 0.2) is 18.2 Å². The number of H-pyrrole nitrogens is 1. The van der Waals surface area contributed by atoms with E-state index in [2.05, 4.69) is 15.3 Å². The number of nitrogens with one attached hydrogen (secondary N) is 2. The molecule has 5 heteroatoms. The molecule has 1 amide bonds. The van der Waals surface area contributed by atoms with Gasteiger partial charge in [-0.1, -0.05) is 6.07 Å². The number of fused-ring (bicyclic) bond motifs is 1. The lowest BCUT2D eigenvalue weighted by Gasteiger charge is -2.17. The first-order valence-electron chi connectivity index (χ1n) is 6.34. The average Bonchev–Trinajstić information content (AvgIpc) is 2.63. The van der Waals surface area contributed by atoms with Gasteiger partial charge >= 0.3 is 0 Å². The van der Waals surface area contributed by atoms with Crippen LogP contribution in [0, 0.1) is 6.92 Å². The smallest absolute Gasteiger partial charge is 0.222 e. The molecule has 0 saturated carbocycles. The molecule has 2 aromatic rings. The van der Waals surface area contributed by atoms with Gasteiger partial charge in [0.1, 0.15) is 5.82 Å². The molecule has 0 aliphatic rings. The van der Waals surface area contributed by atoms with Crippen LogP contribution >= 0.6 is 0 Å². The highest BCUT2D eigenvalue weighted by atomic mass is 16.1. The molecule has 4 N–H and O–H groups in total. The molecule has 0 radical (unpaired) electrons. The van der Waals surface area contributed by atoms with Gasteiger partial charge in [-0.3, -0.25) is 4.79 Å². The Morgan fingerprint density at radius 2 is 2.21 bits per heavy atom. The Hall–Kier alpha value is -1.88. The molecule has 1 heterocycles. The van der Waals surface area contributed by atoms with E-state index in [9.17, 15) is 4.79 Å². The number of carbonyl (C=O) groups is 1. The molecule has 1 aromatic carbocycles. The minimum Gasteiger partial charge on any atom is -0.352 e. The first-order valence-corrected chi connectivity index (χ1v) is 6.34. The molecule has 0 aliphatic heterocycles. The number of benzene rings is 1. The Morgan fingerprint density at radius 1 is 1.47 bits per heavy atom. The summed E-state index contributed by atoms with van der Waals surface area (Å²) in [7, 11) is 0. The molecule has 0 fully saturated rings. The number of hydrogen-bond donors (Lipinski definition) is 3. The van der Waals surface area contributed by atoms with E-state index >= 15 is 0 Å². The average molecular weight is 260 g/mol. The number of amides is 1. The molecular weight excluding hydrogens is 240 g/mol. The van der Waals surface area contributed by atoms with Crippen LogP contribution in [0.2, 0.25) is 0 Å². The minimum absolute atomic E-state index is 0.0339. The van der Waals surface area contributed by atoms with Crippen molar-refractivity contribution in [2.45, 2.75) is 39.3 Å². The SMILES string of the molecule is Cc1nc2ccc(CNC(=O)CC(C)(C)N)cc2[nH]1. The predicted octanol–water partition coefficient (Wildman–Crippen LogP) is 1.61. The van der Waals surface area contributed by atoms with Gasteiger partial charge < -0.3 is 16.0 Å². The van der Waals surface area contributed by atoms with Gasteiger partial charge in [-0.2, -0.15) is 0 Å². The second kappa shape index (κ2) is 5.01. The van der Waals surface area contributed by atoms with Crippen molar-refractivity contribution >= 4 is 16.9 Å². The fourth-order valence-corrected chi connectivity index (χ4v) is 1.97. The van der Waals surface area contributed by atoms with Crippen molar-refractivity contribution in [1.82, 2.24) is 15.3 Å². The largest absolute Gasteiger partial charge is 0.352 e. The zero-order valence-electron chi connectivity index (χ0n) is 11.6. The van der Waals surface area contributed by atoms with Crippen molar-refractivity contribution in [1.29, 1.82) is 0 Å². The van der Waals surface area contributed by atoms with Gasteiger partial charge in [0.25, 0.3) is 0 Å². The van der Waals surface area contributed by atoms with Crippen LogP contribution in [0.4, 0.5) is 0 Å². The summed E-state index contributed by atoms with van der Waals surface area (Å²) in [5.74, 6) is 0.856. The van der Waals surface area contributed by atoms with Gasteiger partial charge in [-0.25, -0.2) is 4.98 Å². The lowest BCUT2D eigenvalue weighted by Crippen LogP contribution is -2.38. The summed E-state index contributed by atoms with van der Waals surface area (Å²) in [6.07, 6.45) is 0.318. The highest BCUT2D eigenvalue weighted by Crippen LogP contribution is 2.13. The van der Waals surface area contributed by atoms with Gasteiger partial charge in [-0.15, -0.1) is 0 Å². The molecule has 0 bridgehead atoms. The maximum atomic E-state index is 11.7. The summed E-state index contributed by atoms with van der Waals surface area (Å²) >= 11 is 0. The molecule has 0 aliphatic carbocycles. The summed E-state index contributed by atoms with van der Waals surface area (Å²) < 4.78 is 0. The number of aryl methyl sites for hydroxylation is 1. The van der Waals surface area contributed by atoms with Crippen molar-refractivity contribution in [2.24, 2.45) is 5.73 Å². The Bertz CT molecular complexity index is 595. The lowest BCUT2D eigenvalue weighted by molar-refractivity contribution is -0.122. The number of nitrogens with zero attached hydrogens (tertiary/aromatic N) is 1. The number of nitrogens with two attached hydrogens (primary N) is 1. The van der Waals surface area contributed by atoms with Gasteiger partial charge in [-0.05, 0) is 38.5 Å². The molecule has 19 heavy (non-hydrogen) atoms. The zero-order valence-corrected chi connectivity index (χ0v) is 11.6. The third-order valence-corrected chi connectivity index (χ3v) is 2.77. The van der Waals surface area contributed by atoms with Gasteiger partial charge in [0.2, 0.25) is 5.91 Å². The van der Waals surface area contributed by atoms with Gasteiger partial charge in [0.05, 0.1) is 11.0 Å². The van der Waals surface area contributed by atoms with Gasteiger partial charge in [0.15, 0.2) is 0 Å². The van der Waals surface area contributed by atoms with Crippen molar-refractivity contribution < 1.29 is 4.79 Å². The third kappa shape index (κ3) is 3.79. The van der Waals surface area contributed by atoms with Crippen molar-refractivity contribution in [3.05, 3.63) is 29.6 Å². The maximum absolute atomic E-state index is 11.7. The maximum Gasteiger partial charge on any atom is 0.222 e. The van der Waals surface area contributed by atoms with E-state index in [1.54, 1.807) is 0 Å². The van der Waals surface area contributed by atoms with Crippen molar-refractivity contribution in [2.75, 3.05) is 0 Å². The molecule has 102 valence electrons. The molecule has 2 rings (SSSR count). The quantitative estimate of drug-likeness (QED) is 0.781. The molecule has 0 unspecified atom stereocenters. The fourth-order valence-electron chi connectivity index (χ4n) is 1.97. The highest BCUT2D eigenvalue weighted by Gasteiger charge is 2.15. The molecule has 0 saturated heterocycles. The monoisotopic (exact) mass is 260 g/mol. The van der Waals surface area contributed by atoms with Crippen LogP contribution in [0.25, 0.3) is 11.0 Å². The Labute approximate surface area is 112 Å². The summed E-state index contributed by atoms with van der Waals surface area (Å²) in [4.78, 5) is 19.2. The zero-order chi connectivity index (χ0) is 14.0. The second-order valence-corrected chi connectivity index (χ2v) is 5.62. The summed E-state index contributed by atoms with van der Waals surface area (Å²) in [6.45, 7) is 6.10. The number of carbonyl (C=O) groups excluding carboxylic acids is 1. The summed E-state index contributed by atoms with van der Waals surface area (Å²) in [5, 5.41) is 2.87. The standard InChI is InChI=1S/C14H20N4O/c1-9-17-11-5-4-10(6-12(11)18-9)8-16-13(19)7-14(2,3)15/h4-6H,7-8,15H2,1-3H3,(H,16,19)(H,17,18). The molecular formula is C14H20N4O. The highest BCUT2D eigenvalue weighted by molar-refractivity contribution is 5.78. The van der Waals surface area contributed by atoms with E-state index in [0.29, 0.717) is 13.0 Å². The minimum atomic E-state index is -0.478. The topological polar surface area (TPSA) is 83.8 Å². The van der Waals surface area contributed by atoms with E-state index in [1.807, 2.05) is 39.0 Å². The summed E-state index contributed by atoms with van der Waals surface area (Å²) in [6, 6.07) is 5.92. The first kappa shape index (κ1) is 13.5. The number of rotatable bonds is 4. The number of imidazole rings is 1. The van der Waals surface area contributed by atoms with Crippen LogP contribution in [0.5, 0.6) is 0 Å². The van der Waals surface area contributed by atoms with Crippen LogP contribution in [-0.2, 0) is 11.3 Å². The Morgan fingerprint density at radius 3 is 2.89 bits per heavy atom. The van der Waals surface area contributed by atoms with Crippen LogP contribution < -0.4 is 11.1 Å². The predicted molar refractivity (Wildman–Crippen MR) is 75.6 cm³/mol. The molecule has 1 aromatic heterocycles. The van der Waals surface area contributed by atoms with E-state index in [1.165, 1.54) is 0 Å². The van der Waals surface area contributed by atoms with E-state index in [0.717, 1.165) is 22.4 Å². The molecule has 0 spiro atoms. The van der Waals surface area contributed by atoms with Crippen LogP contribution in [-0.4, -0.2) is 21.4 Å². The lowest BCUT2D eigenvalue weighted by atomic mass is 10.0. The third-order valence-electron chi connectivity index (χ3n) is 2.77. The normalized spacial score (nSPS) is 11.8. The second-order valence-electron chi connectivity index (χ2n) is 5.62. The number of aromatic amines is 1. The van der Waals surface area contributed by atoms with Gasteiger partial charge in [0, 0.05) is 18.5 Å². The van der Waals surface area contributed by atoms with Crippen LogP contribution in [0.1, 0.15) is 31.7 Å². The molecule has 0 atom stereocenters. The van der Waals surface area contributed by atoms with Crippen molar-refractivity contribution in [3.63, 3.8) is 0 Å². The fraction of sp³-hybridized carbons (Fsp3) is 0.429. The summed E-state index contributed by atoms with van der Waals surface area (Å²) in [5.41, 5.74) is 8.30. The van der Waals surface area contributed by atoms with E-state index < -0.39 is 5.54 Å². The van der Waals surface area contributed by atoms with Crippen molar-refractivity contribution in [3.8, 4) is 0 Å². The molecule has 5 nitrogen and oxygen atoms in total.